The first kappa shape index (κ1) is 16.3. The standard InChI is InChI=1S/C16H18ClN3O2/c1-11(9-18-2)16(21)20-13-5-8-15(19-10-13)22-14-6-3-12(17)4-7-14/h3-8,10-11,18H,9H2,1-2H3,(H,20,21). The lowest BCUT2D eigenvalue weighted by Gasteiger charge is -2.11. The van der Waals surface area contributed by atoms with Crippen molar-refractivity contribution in [2.24, 2.45) is 5.92 Å². The van der Waals surface area contributed by atoms with Gasteiger partial charge < -0.3 is 15.4 Å². The molecule has 5 nitrogen and oxygen atoms in total. The van der Waals surface area contributed by atoms with Crippen molar-refractivity contribution in [1.82, 2.24) is 10.3 Å². The van der Waals surface area contributed by atoms with Gasteiger partial charge in [-0.15, -0.1) is 0 Å². The van der Waals surface area contributed by atoms with Crippen LogP contribution < -0.4 is 15.4 Å². The summed E-state index contributed by atoms with van der Waals surface area (Å²) in [6, 6.07) is 10.5. The van der Waals surface area contributed by atoms with Crippen LogP contribution in [0.25, 0.3) is 0 Å². The number of hydrogen-bond donors (Lipinski definition) is 2. The fourth-order valence-corrected chi connectivity index (χ4v) is 1.93. The highest BCUT2D eigenvalue weighted by Gasteiger charge is 2.12. The number of carbonyl (C=O) groups excluding carboxylic acids is 1. The Morgan fingerprint density at radius 2 is 2.00 bits per heavy atom. The zero-order valence-electron chi connectivity index (χ0n) is 12.5. The van der Waals surface area contributed by atoms with E-state index in [0.717, 1.165) is 0 Å². The number of rotatable bonds is 6. The third kappa shape index (κ3) is 4.72. The van der Waals surface area contributed by atoms with Crippen LogP contribution in [0.2, 0.25) is 5.02 Å². The summed E-state index contributed by atoms with van der Waals surface area (Å²) in [5.74, 6) is 0.928. The Bertz CT molecular complexity index is 614. The molecule has 1 aromatic carbocycles. The molecule has 2 rings (SSSR count). The number of anilines is 1. The van der Waals surface area contributed by atoms with Gasteiger partial charge in [0.15, 0.2) is 0 Å². The van der Waals surface area contributed by atoms with Crippen molar-refractivity contribution < 1.29 is 9.53 Å². The number of halogens is 1. The molecule has 1 aromatic heterocycles. The number of amides is 1. The molecule has 0 saturated heterocycles. The first-order chi connectivity index (χ1) is 10.6. The highest BCUT2D eigenvalue weighted by molar-refractivity contribution is 6.30. The van der Waals surface area contributed by atoms with E-state index < -0.39 is 0 Å². The first-order valence-electron chi connectivity index (χ1n) is 6.93. The van der Waals surface area contributed by atoms with Crippen LogP contribution in [0.15, 0.2) is 42.6 Å². The molecule has 2 aromatic rings. The number of carbonyl (C=O) groups is 1. The van der Waals surface area contributed by atoms with E-state index in [1.165, 1.54) is 0 Å². The quantitative estimate of drug-likeness (QED) is 0.857. The molecule has 0 aliphatic heterocycles. The summed E-state index contributed by atoms with van der Waals surface area (Å²) in [4.78, 5) is 16.1. The Hall–Kier alpha value is -2.11. The van der Waals surface area contributed by atoms with E-state index in [1.807, 2.05) is 14.0 Å². The van der Waals surface area contributed by atoms with Gasteiger partial charge in [0.25, 0.3) is 0 Å². The predicted molar refractivity (Wildman–Crippen MR) is 87.5 cm³/mol. The van der Waals surface area contributed by atoms with E-state index in [9.17, 15) is 4.79 Å². The molecular formula is C16H18ClN3O2. The molecule has 0 bridgehead atoms. The molecule has 2 N–H and O–H groups in total. The summed E-state index contributed by atoms with van der Waals surface area (Å²) < 4.78 is 5.59. The molecule has 0 spiro atoms. The van der Waals surface area contributed by atoms with Crippen molar-refractivity contribution >= 4 is 23.2 Å². The average Bonchev–Trinajstić information content (AvgIpc) is 2.51. The lowest BCUT2D eigenvalue weighted by molar-refractivity contribution is -0.119. The van der Waals surface area contributed by atoms with Gasteiger partial charge in [0, 0.05) is 23.6 Å². The minimum Gasteiger partial charge on any atom is -0.439 e. The van der Waals surface area contributed by atoms with Crippen molar-refractivity contribution in [2.75, 3.05) is 18.9 Å². The third-order valence-corrected chi connectivity index (χ3v) is 3.25. The normalized spacial score (nSPS) is 11.8. The lowest BCUT2D eigenvalue weighted by Crippen LogP contribution is -2.28. The van der Waals surface area contributed by atoms with Crippen LogP contribution in [-0.4, -0.2) is 24.5 Å². The number of nitrogens with one attached hydrogen (secondary N) is 2. The van der Waals surface area contributed by atoms with Crippen LogP contribution in [0.3, 0.4) is 0 Å². The Kier molecular flexibility index (Phi) is 5.75. The Balaban J connectivity index is 1.95. The predicted octanol–water partition coefficient (Wildman–Crippen LogP) is 3.32. The first-order valence-corrected chi connectivity index (χ1v) is 7.31. The molecule has 1 heterocycles. The lowest BCUT2D eigenvalue weighted by atomic mass is 10.1. The largest absolute Gasteiger partial charge is 0.439 e. The Morgan fingerprint density at radius 1 is 1.27 bits per heavy atom. The second kappa shape index (κ2) is 7.77. The van der Waals surface area contributed by atoms with E-state index in [4.69, 9.17) is 16.3 Å². The van der Waals surface area contributed by atoms with Gasteiger partial charge in [-0.2, -0.15) is 0 Å². The molecular weight excluding hydrogens is 302 g/mol. The zero-order chi connectivity index (χ0) is 15.9. The average molecular weight is 320 g/mol. The molecule has 0 radical (unpaired) electrons. The van der Waals surface area contributed by atoms with Crippen LogP contribution in [0, 0.1) is 5.92 Å². The summed E-state index contributed by atoms with van der Waals surface area (Å²) in [7, 11) is 1.81. The highest BCUT2D eigenvalue weighted by atomic mass is 35.5. The SMILES string of the molecule is CNCC(C)C(=O)Nc1ccc(Oc2ccc(Cl)cc2)nc1. The number of aromatic nitrogens is 1. The van der Waals surface area contributed by atoms with Gasteiger partial charge in [-0.1, -0.05) is 18.5 Å². The van der Waals surface area contributed by atoms with Crippen LogP contribution in [-0.2, 0) is 4.79 Å². The summed E-state index contributed by atoms with van der Waals surface area (Å²) in [5, 5.41) is 6.43. The van der Waals surface area contributed by atoms with Crippen molar-refractivity contribution in [3.05, 3.63) is 47.6 Å². The van der Waals surface area contributed by atoms with Crippen molar-refractivity contribution in [1.29, 1.82) is 0 Å². The summed E-state index contributed by atoms with van der Waals surface area (Å²) in [6.45, 7) is 2.48. The van der Waals surface area contributed by atoms with Gasteiger partial charge in [0.2, 0.25) is 11.8 Å². The molecule has 0 fully saturated rings. The van der Waals surface area contributed by atoms with E-state index in [2.05, 4.69) is 15.6 Å². The smallest absolute Gasteiger partial charge is 0.228 e. The van der Waals surface area contributed by atoms with Crippen LogP contribution >= 0.6 is 11.6 Å². The second-order valence-corrected chi connectivity index (χ2v) is 5.33. The van der Waals surface area contributed by atoms with Crippen molar-refractivity contribution in [2.45, 2.75) is 6.92 Å². The highest BCUT2D eigenvalue weighted by Crippen LogP contribution is 2.22. The minimum atomic E-state index is -0.116. The van der Waals surface area contributed by atoms with Crippen LogP contribution in [0.5, 0.6) is 11.6 Å². The number of pyridine rings is 1. The fourth-order valence-electron chi connectivity index (χ4n) is 1.80. The zero-order valence-corrected chi connectivity index (χ0v) is 13.2. The second-order valence-electron chi connectivity index (χ2n) is 4.89. The van der Waals surface area contributed by atoms with Crippen LogP contribution in [0.1, 0.15) is 6.92 Å². The monoisotopic (exact) mass is 319 g/mol. The number of ether oxygens (including phenoxy) is 1. The molecule has 116 valence electrons. The third-order valence-electron chi connectivity index (χ3n) is 3.00. The van der Waals surface area contributed by atoms with Gasteiger partial charge in [-0.05, 0) is 37.4 Å². The van der Waals surface area contributed by atoms with E-state index in [0.29, 0.717) is 28.9 Å². The fraction of sp³-hybridized carbons (Fsp3) is 0.250. The maximum absolute atomic E-state index is 11.9. The summed E-state index contributed by atoms with van der Waals surface area (Å²) in [5.41, 5.74) is 0.636. The van der Waals surface area contributed by atoms with Gasteiger partial charge in [-0.25, -0.2) is 4.98 Å². The van der Waals surface area contributed by atoms with E-state index >= 15 is 0 Å². The van der Waals surface area contributed by atoms with Crippen molar-refractivity contribution in [3.8, 4) is 11.6 Å². The van der Waals surface area contributed by atoms with Gasteiger partial charge in [0.05, 0.1) is 11.9 Å². The molecule has 6 heteroatoms. The molecule has 1 unspecified atom stereocenters. The topological polar surface area (TPSA) is 63.2 Å². The molecule has 0 aliphatic rings. The van der Waals surface area contributed by atoms with Crippen molar-refractivity contribution in [3.63, 3.8) is 0 Å². The summed E-state index contributed by atoms with van der Waals surface area (Å²) >= 11 is 5.82. The van der Waals surface area contributed by atoms with Crippen LogP contribution in [0.4, 0.5) is 5.69 Å². The number of hydrogen-bond acceptors (Lipinski definition) is 4. The Morgan fingerprint density at radius 3 is 2.59 bits per heavy atom. The van der Waals surface area contributed by atoms with Gasteiger partial charge >= 0.3 is 0 Å². The molecule has 22 heavy (non-hydrogen) atoms. The maximum atomic E-state index is 11.9. The van der Waals surface area contributed by atoms with Gasteiger partial charge in [0.1, 0.15) is 5.75 Å². The molecule has 1 atom stereocenters. The van der Waals surface area contributed by atoms with E-state index in [1.54, 1.807) is 42.6 Å². The minimum absolute atomic E-state index is 0.0532. The van der Waals surface area contributed by atoms with E-state index in [-0.39, 0.29) is 11.8 Å². The Labute approximate surface area is 134 Å². The summed E-state index contributed by atoms with van der Waals surface area (Å²) in [6.07, 6.45) is 1.56. The van der Waals surface area contributed by atoms with Gasteiger partial charge in [-0.3, -0.25) is 4.79 Å². The number of benzene rings is 1. The molecule has 0 aliphatic carbocycles. The maximum Gasteiger partial charge on any atom is 0.228 e. The molecule has 0 saturated carbocycles. The number of nitrogens with zero attached hydrogens (tertiary/aromatic N) is 1. The molecule has 1 amide bonds.